The molecule has 2 aromatic rings. The fraction of sp³-hybridized carbons (Fsp3) is 0.318. The summed E-state index contributed by atoms with van der Waals surface area (Å²) in [6, 6.07) is 12.5. The van der Waals surface area contributed by atoms with Gasteiger partial charge in [0.1, 0.15) is 0 Å². The summed E-state index contributed by atoms with van der Waals surface area (Å²) in [5.41, 5.74) is 3.69. The van der Waals surface area contributed by atoms with E-state index >= 15 is 0 Å². The average molecular weight is 442 g/mol. The number of rotatable bonds is 5. The van der Waals surface area contributed by atoms with Crippen LogP contribution in [0.3, 0.4) is 0 Å². The molecule has 1 aliphatic heterocycles. The smallest absolute Gasteiger partial charge is 0.255 e. The maximum atomic E-state index is 12.8. The van der Waals surface area contributed by atoms with Crippen molar-refractivity contribution < 1.29 is 22.8 Å². The zero-order valence-corrected chi connectivity index (χ0v) is 17.7. The molecule has 0 atom stereocenters. The topological polar surface area (TPSA) is 113 Å². The lowest BCUT2D eigenvalue weighted by Gasteiger charge is -2.27. The summed E-state index contributed by atoms with van der Waals surface area (Å²) in [6.45, 7) is 0. The highest BCUT2D eigenvalue weighted by atomic mass is 32.2. The van der Waals surface area contributed by atoms with Gasteiger partial charge >= 0.3 is 0 Å². The number of hydrogen-bond acceptors (Lipinski definition) is 5. The van der Waals surface area contributed by atoms with E-state index in [1.54, 1.807) is 30.3 Å². The molecule has 2 aromatic carbocycles. The van der Waals surface area contributed by atoms with E-state index in [2.05, 4.69) is 10.7 Å². The maximum Gasteiger partial charge on any atom is 0.255 e. The summed E-state index contributed by atoms with van der Waals surface area (Å²) in [5, 5.41) is 3.54. The second kappa shape index (κ2) is 8.50. The van der Waals surface area contributed by atoms with Gasteiger partial charge in [-0.05, 0) is 55.3 Å². The lowest BCUT2D eigenvalue weighted by atomic mass is 10.1. The van der Waals surface area contributed by atoms with E-state index < -0.39 is 15.7 Å². The van der Waals surface area contributed by atoms with E-state index in [0.717, 1.165) is 12.8 Å². The zero-order chi connectivity index (χ0) is 22.0. The van der Waals surface area contributed by atoms with Gasteiger partial charge in [0.2, 0.25) is 11.8 Å². The molecule has 2 fully saturated rings. The van der Waals surface area contributed by atoms with Gasteiger partial charge in [-0.25, -0.2) is 13.4 Å². The van der Waals surface area contributed by atoms with Gasteiger partial charge in [0, 0.05) is 24.1 Å². The summed E-state index contributed by atoms with van der Waals surface area (Å²) in [7, 11) is -3.41. The standard InChI is InChI=1S/C22H23N3O5S/c26-20-12-13-21(27)25(24-20)17-10-8-15(9-11-17)22(28)23-16-4-3-7-19(14-16)31(29,30)18-5-1-2-6-18/h3-4,7-11,14,18H,1-2,5-6,12-13H2,(H,23,28)(H,24,26). The van der Waals surface area contributed by atoms with Crippen molar-refractivity contribution in [1.82, 2.24) is 5.43 Å². The molecule has 31 heavy (non-hydrogen) atoms. The number of benzene rings is 2. The largest absolute Gasteiger partial charge is 0.322 e. The minimum atomic E-state index is -3.41. The molecular weight excluding hydrogens is 418 g/mol. The van der Waals surface area contributed by atoms with Crippen LogP contribution in [0.2, 0.25) is 0 Å². The number of sulfone groups is 1. The number of carbonyl (C=O) groups excluding carboxylic acids is 3. The fourth-order valence-electron chi connectivity index (χ4n) is 3.89. The SMILES string of the molecule is O=C1CCC(=O)N(c2ccc(C(=O)Nc3cccc(S(=O)(=O)C4CCCC4)c3)cc2)N1. The Bertz CT molecular complexity index is 1120. The molecule has 0 spiro atoms. The first kappa shape index (κ1) is 21.0. The van der Waals surface area contributed by atoms with Gasteiger partial charge in [0.05, 0.1) is 15.8 Å². The summed E-state index contributed by atoms with van der Waals surface area (Å²) in [6.07, 6.45) is 3.47. The Morgan fingerprint density at radius 2 is 1.71 bits per heavy atom. The van der Waals surface area contributed by atoms with Crippen molar-refractivity contribution in [3.63, 3.8) is 0 Å². The van der Waals surface area contributed by atoms with Crippen LogP contribution in [0.4, 0.5) is 11.4 Å². The minimum absolute atomic E-state index is 0.133. The zero-order valence-electron chi connectivity index (χ0n) is 16.8. The second-order valence-corrected chi connectivity index (χ2v) is 9.97. The number of amides is 3. The molecule has 2 N–H and O–H groups in total. The Balaban J connectivity index is 1.47. The van der Waals surface area contributed by atoms with E-state index in [-0.39, 0.29) is 34.8 Å². The van der Waals surface area contributed by atoms with Crippen LogP contribution in [0.25, 0.3) is 0 Å². The van der Waals surface area contributed by atoms with Crippen molar-refractivity contribution in [3.8, 4) is 0 Å². The van der Waals surface area contributed by atoms with Crippen LogP contribution in [0.15, 0.2) is 53.4 Å². The predicted molar refractivity (Wildman–Crippen MR) is 115 cm³/mol. The third kappa shape index (κ3) is 4.46. The Morgan fingerprint density at radius 3 is 2.42 bits per heavy atom. The first-order valence-electron chi connectivity index (χ1n) is 10.2. The highest BCUT2D eigenvalue weighted by molar-refractivity contribution is 7.92. The van der Waals surface area contributed by atoms with Crippen molar-refractivity contribution >= 4 is 38.9 Å². The van der Waals surface area contributed by atoms with Gasteiger partial charge < -0.3 is 5.32 Å². The van der Waals surface area contributed by atoms with Gasteiger partial charge in [-0.2, -0.15) is 0 Å². The van der Waals surface area contributed by atoms with Crippen LogP contribution in [-0.2, 0) is 19.4 Å². The molecule has 8 nitrogen and oxygen atoms in total. The molecule has 0 radical (unpaired) electrons. The van der Waals surface area contributed by atoms with Gasteiger partial charge in [-0.1, -0.05) is 18.9 Å². The molecule has 0 bridgehead atoms. The van der Waals surface area contributed by atoms with Crippen molar-refractivity contribution in [2.45, 2.75) is 48.7 Å². The monoisotopic (exact) mass is 441 g/mol. The van der Waals surface area contributed by atoms with Crippen LogP contribution in [0, 0.1) is 0 Å². The fourth-order valence-corrected chi connectivity index (χ4v) is 5.79. The summed E-state index contributed by atoms with van der Waals surface area (Å²) >= 11 is 0. The van der Waals surface area contributed by atoms with E-state index in [0.29, 0.717) is 29.8 Å². The van der Waals surface area contributed by atoms with Crippen molar-refractivity contribution in [2.24, 2.45) is 0 Å². The van der Waals surface area contributed by atoms with E-state index in [9.17, 15) is 22.8 Å². The Labute approximate surface area is 180 Å². The number of hydrogen-bond donors (Lipinski definition) is 2. The van der Waals surface area contributed by atoms with Gasteiger partial charge in [-0.3, -0.25) is 19.8 Å². The molecule has 1 saturated heterocycles. The molecule has 162 valence electrons. The minimum Gasteiger partial charge on any atom is -0.322 e. The lowest BCUT2D eigenvalue weighted by Crippen LogP contribution is -2.50. The predicted octanol–water partition coefficient (Wildman–Crippen LogP) is 2.81. The lowest BCUT2D eigenvalue weighted by molar-refractivity contribution is -0.130. The molecule has 1 heterocycles. The van der Waals surface area contributed by atoms with Crippen LogP contribution in [-0.4, -0.2) is 31.4 Å². The molecule has 4 rings (SSSR count). The van der Waals surface area contributed by atoms with Gasteiger partial charge in [0.25, 0.3) is 5.91 Å². The van der Waals surface area contributed by atoms with Gasteiger partial charge in [0.15, 0.2) is 9.84 Å². The molecule has 2 aliphatic rings. The molecule has 1 aliphatic carbocycles. The van der Waals surface area contributed by atoms with Crippen molar-refractivity contribution in [1.29, 1.82) is 0 Å². The Morgan fingerprint density at radius 1 is 1.00 bits per heavy atom. The summed E-state index contributed by atoms with van der Waals surface area (Å²) in [4.78, 5) is 36.4. The summed E-state index contributed by atoms with van der Waals surface area (Å²) in [5.74, 6) is -0.873. The molecular formula is C22H23N3O5S. The maximum absolute atomic E-state index is 12.8. The van der Waals surface area contributed by atoms with E-state index in [4.69, 9.17) is 0 Å². The van der Waals surface area contributed by atoms with Crippen LogP contribution < -0.4 is 15.8 Å². The highest BCUT2D eigenvalue weighted by Crippen LogP contribution is 2.30. The second-order valence-electron chi connectivity index (χ2n) is 7.74. The molecule has 0 aromatic heterocycles. The quantitative estimate of drug-likeness (QED) is 0.741. The third-order valence-electron chi connectivity index (χ3n) is 5.60. The number of anilines is 2. The van der Waals surface area contributed by atoms with E-state index in [1.807, 2.05) is 0 Å². The number of carbonyl (C=O) groups is 3. The number of hydrazine groups is 1. The third-order valence-corrected chi connectivity index (χ3v) is 7.86. The normalized spacial score (nSPS) is 17.5. The average Bonchev–Trinajstić information content (AvgIpc) is 3.32. The summed E-state index contributed by atoms with van der Waals surface area (Å²) < 4.78 is 25.6. The number of nitrogens with one attached hydrogen (secondary N) is 2. The molecule has 1 saturated carbocycles. The Kier molecular flexibility index (Phi) is 5.77. The molecule has 3 amide bonds. The van der Waals surface area contributed by atoms with Crippen LogP contribution in [0.5, 0.6) is 0 Å². The first-order chi connectivity index (χ1) is 14.8. The van der Waals surface area contributed by atoms with Crippen molar-refractivity contribution in [3.05, 3.63) is 54.1 Å². The van der Waals surface area contributed by atoms with Crippen LogP contribution >= 0.6 is 0 Å². The highest BCUT2D eigenvalue weighted by Gasteiger charge is 2.30. The molecule has 9 heteroatoms. The first-order valence-corrected chi connectivity index (χ1v) is 11.8. The Hall–Kier alpha value is -3.20. The van der Waals surface area contributed by atoms with Crippen molar-refractivity contribution in [2.75, 3.05) is 10.3 Å². The molecule has 0 unspecified atom stereocenters. The van der Waals surface area contributed by atoms with Gasteiger partial charge in [-0.15, -0.1) is 0 Å². The van der Waals surface area contributed by atoms with E-state index in [1.165, 1.54) is 23.2 Å². The van der Waals surface area contributed by atoms with Crippen LogP contribution in [0.1, 0.15) is 48.9 Å². The number of nitrogens with zero attached hydrogens (tertiary/aromatic N) is 1.